The highest BCUT2D eigenvalue weighted by molar-refractivity contribution is 7.98. The molecule has 0 aromatic heterocycles. The molecule has 112 valence electrons. The van der Waals surface area contributed by atoms with Crippen LogP contribution in [0.4, 0.5) is 0 Å². The molecule has 0 amide bonds. The second-order valence-electron chi connectivity index (χ2n) is 7.15. The van der Waals surface area contributed by atoms with Crippen molar-refractivity contribution >= 4 is 11.8 Å². The smallest absolute Gasteiger partial charge is 0.0294 e. The largest absolute Gasteiger partial charge is 0.307 e. The van der Waals surface area contributed by atoms with Gasteiger partial charge in [0.1, 0.15) is 0 Å². The van der Waals surface area contributed by atoms with Crippen LogP contribution in [-0.4, -0.2) is 12.3 Å². The maximum atomic E-state index is 3.85. The van der Waals surface area contributed by atoms with Crippen molar-refractivity contribution in [2.75, 3.05) is 6.26 Å². The van der Waals surface area contributed by atoms with Gasteiger partial charge in [0, 0.05) is 17.0 Å². The lowest BCUT2D eigenvalue weighted by Gasteiger charge is -2.40. The first-order valence-electron chi connectivity index (χ1n) is 7.81. The molecule has 0 heterocycles. The monoisotopic (exact) mass is 291 g/mol. The third kappa shape index (κ3) is 4.02. The van der Waals surface area contributed by atoms with Gasteiger partial charge in [-0.25, -0.2) is 0 Å². The second kappa shape index (κ2) is 6.53. The molecule has 0 spiro atoms. The number of nitrogens with one attached hydrogen (secondary N) is 1. The van der Waals surface area contributed by atoms with Crippen molar-refractivity contribution in [3.8, 4) is 0 Å². The van der Waals surface area contributed by atoms with Crippen LogP contribution in [0.2, 0.25) is 0 Å². The predicted molar refractivity (Wildman–Crippen MR) is 90.4 cm³/mol. The SMILES string of the molecule is CSc1ccc(C(C)NC2CCC(C)(C)CC2C)cc1. The van der Waals surface area contributed by atoms with Crippen LogP contribution in [0, 0.1) is 11.3 Å². The minimum Gasteiger partial charge on any atom is -0.307 e. The molecule has 0 radical (unpaired) electrons. The molecular formula is C18H29NS. The Hall–Kier alpha value is -0.470. The fourth-order valence-corrected chi connectivity index (χ4v) is 3.91. The molecule has 1 aliphatic carbocycles. The van der Waals surface area contributed by atoms with Crippen molar-refractivity contribution < 1.29 is 0 Å². The summed E-state index contributed by atoms with van der Waals surface area (Å²) in [6.45, 7) is 9.51. The molecule has 1 aliphatic rings. The Labute approximate surface area is 128 Å². The molecule has 3 atom stereocenters. The summed E-state index contributed by atoms with van der Waals surface area (Å²) in [5.41, 5.74) is 1.93. The Morgan fingerprint density at radius 1 is 1.25 bits per heavy atom. The van der Waals surface area contributed by atoms with E-state index >= 15 is 0 Å². The molecule has 2 heteroatoms. The summed E-state index contributed by atoms with van der Waals surface area (Å²) in [5, 5.41) is 3.85. The Kier molecular flexibility index (Phi) is 5.19. The van der Waals surface area contributed by atoms with E-state index in [1.807, 2.05) is 0 Å². The quantitative estimate of drug-likeness (QED) is 0.758. The van der Waals surface area contributed by atoms with Crippen molar-refractivity contribution in [3.05, 3.63) is 29.8 Å². The fraction of sp³-hybridized carbons (Fsp3) is 0.667. The average Bonchev–Trinajstić information content (AvgIpc) is 2.41. The van der Waals surface area contributed by atoms with Gasteiger partial charge in [-0.3, -0.25) is 0 Å². The van der Waals surface area contributed by atoms with Gasteiger partial charge in [-0.1, -0.05) is 32.9 Å². The third-order valence-corrected chi connectivity index (χ3v) is 5.52. The van der Waals surface area contributed by atoms with E-state index in [2.05, 4.69) is 63.5 Å². The molecule has 0 aliphatic heterocycles. The third-order valence-electron chi connectivity index (χ3n) is 4.77. The Bertz CT molecular complexity index is 424. The fourth-order valence-electron chi connectivity index (χ4n) is 3.50. The van der Waals surface area contributed by atoms with E-state index in [0.29, 0.717) is 17.5 Å². The van der Waals surface area contributed by atoms with Gasteiger partial charge in [-0.05, 0) is 61.5 Å². The minimum atomic E-state index is 0.444. The van der Waals surface area contributed by atoms with Gasteiger partial charge in [-0.15, -0.1) is 11.8 Å². The van der Waals surface area contributed by atoms with Crippen LogP contribution >= 0.6 is 11.8 Å². The summed E-state index contributed by atoms with van der Waals surface area (Å²) < 4.78 is 0. The molecule has 1 saturated carbocycles. The number of benzene rings is 1. The van der Waals surface area contributed by atoms with E-state index in [1.54, 1.807) is 11.8 Å². The van der Waals surface area contributed by atoms with E-state index in [0.717, 1.165) is 5.92 Å². The van der Waals surface area contributed by atoms with Gasteiger partial charge in [0.05, 0.1) is 0 Å². The van der Waals surface area contributed by atoms with Crippen molar-refractivity contribution in [3.63, 3.8) is 0 Å². The summed E-state index contributed by atoms with van der Waals surface area (Å²) >= 11 is 1.80. The highest BCUT2D eigenvalue weighted by Crippen LogP contribution is 2.39. The number of hydrogen-bond acceptors (Lipinski definition) is 2. The molecule has 1 aromatic rings. The normalized spacial score (nSPS) is 27.2. The van der Waals surface area contributed by atoms with E-state index in [9.17, 15) is 0 Å². The number of hydrogen-bond donors (Lipinski definition) is 1. The molecule has 1 N–H and O–H groups in total. The zero-order valence-corrected chi connectivity index (χ0v) is 14.4. The summed E-state index contributed by atoms with van der Waals surface area (Å²) in [5.74, 6) is 0.770. The molecule has 3 unspecified atom stereocenters. The van der Waals surface area contributed by atoms with Gasteiger partial charge < -0.3 is 5.32 Å². The first-order valence-corrected chi connectivity index (χ1v) is 9.04. The lowest BCUT2D eigenvalue weighted by Crippen LogP contribution is -2.42. The zero-order chi connectivity index (χ0) is 14.8. The van der Waals surface area contributed by atoms with Gasteiger partial charge >= 0.3 is 0 Å². The minimum absolute atomic E-state index is 0.444. The Morgan fingerprint density at radius 3 is 2.45 bits per heavy atom. The second-order valence-corrected chi connectivity index (χ2v) is 8.03. The zero-order valence-electron chi connectivity index (χ0n) is 13.6. The Morgan fingerprint density at radius 2 is 1.90 bits per heavy atom. The summed E-state index contributed by atoms with van der Waals surface area (Å²) in [6.07, 6.45) is 6.11. The van der Waals surface area contributed by atoms with Crippen molar-refractivity contribution in [2.45, 2.75) is 63.9 Å². The maximum Gasteiger partial charge on any atom is 0.0294 e. The van der Waals surface area contributed by atoms with Gasteiger partial charge in [0.15, 0.2) is 0 Å². The molecule has 0 saturated heterocycles. The molecule has 1 nitrogen and oxygen atoms in total. The topological polar surface area (TPSA) is 12.0 Å². The molecule has 2 rings (SSSR count). The van der Waals surface area contributed by atoms with Crippen LogP contribution in [0.1, 0.15) is 58.6 Å². The molecule has 1 fully saturated rings. The first-order chi connectivity index (χ1) is 9.41. The van der Waals surface area contributed by atoms with Crippen LogP contribution in [0.3, 0.4) is 0 Å². The predicted octanol–water partition coefficient (Wildman–Crippen LogP) is 5.27. The van der Waals surface area contributed by atoms with Crippen LogP contribution in [-0.2, 0) is 0 Å². The van der Waals surface area contributed by atoms with Crippen molar-refractivity contribution in [1.82, 2.24) is 5.32 Å². The maximum absolute atomic E-state index is 3.85. The summed E-state index contributed by atoms with van der Waals surface area (Å²) in [6, 6.07) is 10.1. The summed E-state index contributed by atoms with van der Waals surface area (Å²) in [7, 11) is 0. The van der Waals surface area contributed by atoms with Gasteiger partial charge in [-0.2, -0.15) is 0 Å². The molecule has 0 bridgehead atoms. The molecule has 20 heavy (non-hydrogen) atoms. The van der Waals surface area contributed by atoms with E-state index in [-0.39, 0.29) is 0 Å². The molecular weight excluding hydrogens is 262 g/mol. The highest BCUT2D eigenvalue weighted by atomic mass is 32.2. The van der Waals surface area contributed by atoms with Crippen molar-refractivity contribution in [1.29, 1.82) is 0 Å². The van der Waals surface area contributed by atoms with Crippen LogP contribution < -0.4 is 5.32 Å². The summed E-state index contributed by atoms with van der Waals surface area (Å²) in [4.78, 5) is 1.34. The average molecular weight is 292 g/mol. The van der Waals surface area contributed by atoms with E-state index in [4.69, 9.17) is 0 Å². The van der Waals surface area contributed by atoms with Crippen molar-refractivity contribution in [2.24, 2.45) is 11.3 Å². The lowest BCUT2D eigenvalue weighted by molar-refractivity contribution is 0.143. The number of rotatable bonds is 4. The van der Waals surface area contributed by atoms with Gasteiger partial charge in [0.25, 0.3) is 0 Å². The van der Waals surface area contributed by atoms with Crippen LogP contribution in [0.15, 0.2) is 29.2 Å². The first kappa shape index (κ1) is 15.9. The van der Waals surface area contributed by atoms with E-state index < -0.39 is 0 Å². The van der Waals surface area contributed by atoms with Crippen LogP contribution in [0.25, 0.3) is 0 Å². The van der Waals surface area contributed by atoms with E-state index in [1.165, 1.54) is 29.7 Å². The highest BCUT2D eigenvalue weighted by Gasteiger charge is 2.32. The van der Waals surface area contributed by atoms with Gasteiger partial charge in [0.2, 0.25) is 0 Å². The standard InChI is InChI=1S/C18H29NS/c1-13-12-18(3,4)11-10-17(13)19-14(2)15-6-8-16(20-5)9-7-15/h6-9,13-14,17,19H,10-12H2,1-5H3. The Balaban J connectivity index is 1.95. The lowest BCUT2D eigenvalue weighted by atomic mass is 9.70. The number of thioether (sulfide) groups is 1. The molecule has 1 aromatic carbocycles. The van der Waals surface area contributed by atoms with Crippen LogP contribution in [0.5, 0.6) is 0 Å².